The van der Waals surface area contributed by atoms with Crippen molar-refractivity contribution in [2.24, 2.45) is 0 Å². The average Bonchev–Trinajstić information content (AvgIpc) is 3.05. The van der Waals surface area contributed by atoms with E-state index in [9.17, 15) is 23.2 Å². The predicted molar refractivity (Wildman–Crippen MR) is 108 cm³/mol. The predicted octanol–water partition coefficient (Wildman–Crippen LogP) is 2.84. The van der Waals surface area contributed by atoms with E-state index in [-0.39, 0.29) is 28.3 Å². The fraction of sp³-hybridized carbons (Fsp3) is 0.238. The summed E-state index contributed by atoms with van der Waals surface area (Å²) in [5, 5.41) is 2.42. The van der Waals surface area contributed by atoms with Crippen LogP contribution in [0.4, 0.5) is 14.5 Å². The molecule has 3 aromatic rings. The second-order valence-electron chi connectivity index (χ2n) is 6.90. The van der Waals surface area contributed by atoms with Crippen LogP contribution in [0.2, 0.25) is 0 Å². The zero-order valence-electron chi connectivity index (χ0n) is 17.0. The van der Waals surface area contributed by atoms with Crippen molar-refractivity contribution in [1.82, 2.24) is 9.55 Å². The first-order valence-corrected chi connectivity index (χ1v) is 9.55. The molecule has 0 fully saturated rings. The monoisotopic (exact) mass is 445 g/mol. The Balaban J connectivity index is 1.42. The number of nitrogens with one attached hydrogen (secondary N) is 1. The van der Waals surface area contributed by atoms with Gasteiger partial charge in [-0.25, -0.2) is 9.78 Å². The lowest BCUT2D eigenvalue weighted by Gasteiger charge is -2.10. The molecule has 11 heteroatoms. The lowest BCUT2D eigenvalue weighted by Crippen LogP contribution is -2.25. The SMILES string of the molecule is CCn1c(=O)c(C)nc2cc(C(=O)OCC(=O)Nc3ccc4c(c3)OC(F)(F)O4)ccc21. The highest BCUT2D eigenvalue weighted by Gasteiger charge is 2.43. The molecule has 1 aliphatic heterocycles. The summed E-state index contributed by atoms with van der Waals surface area (Å²) in [5.41, 5.74) is 1.42. The molecule has 0 radical (unpaired) electrons. The minimum atomic E-state index is -3.76. The number of nitrogens with zero attached hydrogens (tertiary/aromatic N) is 2. The Hall–Kier alpha value is -4.02. The number of rotatable bonds is 5. The van der Waals surface area contributed by atoms with Gasteiger partial charge in [-0.3, -0.25) is 9.59 Å². The van der Waals surface area contributed by atoms with Crippen molar-refractivity contribution in [3.05, 3.63) is 58.0 Å². The van der Waals surface area contributed by atoms with E-state index >= 15 is 0 Å². The van der Waals surface area contributed by atoms with E-state index in [0.717, 1.165) is 0 Å². The van der Waals surface area contributed by atoms with E-state index in [1.54, 1.807) is 17.6 Å². The number of carbonyl (C=O) groups excluding carboxylic acids is 2. The molecule has 0 aliphatic carbocycles. The van der Waals surface area contributed by atoms with E-state index in [1.165, 1.54) is 30.3 Å². The zero-order valence-corrected chi connectivity index (χ0v) is 17.0. The van der Waals surface area contributed by atoms with Crippen molar-refractivity contribution in [2.45, 2.75) is 26.7 Å². The van der Waals surface area contributed by atoms with Crippen LogP contribution in [-0.2, 0) is 16.1 Å². The highest BCUT2D eigenvalue weighted by atomic mass is 19.3. The van der Waals surface area contributed by atoms with Crippen molar-refractivity contribution < 1.29 is 32.6 Å². The van der Waals surface area contributed by atoms with Gasteiger partial charge in [-0.1, -0.05) is 0 Å². The van der Waals surface area contributed by atoms with Crippen LogP contribution in [0.25, 0.3) is 11.0 Å². The molecule has 32 heavy (non-hydrogen) atoms. The fourth-order valence-corrected chi connectivity index (χ4v) is 3.25. The Morgan fingerprint density at radius 1 is 1.16 bits per heavy atom. The number of amides is 1. The summed E-state index contributed by atoms with van der Waals surface area (Å²) in [4.78, 5) is 40.8. The molecule has 0 spiro atoms. The molecule has 0 unspecified atom stereocenters. The number of aromatic nitrogens is 2. The van der Waals surface area contributed by atoms with Gasteiger partial charge in [0.2, 0.25) is 0 Å². The van der Waals surface area contributed by atoms with Crippen molar-refractivity contribution in [3.63, 3.8) is 0 Å². The summed E-state index contributed by atoms with van der Waals surface area (Å²) in [6, 6.07) is 8.27. The summed E-state index contributed by atoms with van der Waals surface area (Å²) in [6.45, 7) is 3.25. The highest BCUT2D eigenvalue weighted by molar-refractivity contribution is 5.97. The first-order chi connectivity index (χ1) is 15.2. The third kappa shape index (κ3) is 4.09. The number of anilines is 1. The molecule has 2 heterocycles. The Kier molecular flexibility index (Phi) is 5.25. The van der Waals surface area contributed by atoms with Crippen LogP contribution in [0.1, 0.15) is 23.0 Å². The van der Waals surface area contributed by atoms with Crippen molar-refractivity contribution >= 4 is 28.6 Å². The van der Waals surface area contributed by atoms with Gasteiger partial charge in [0, 0.05) is 18.3 Å². The van der Waals surface area contributed by atoms with Crippen LogP contribution in [0, 0.1) is 6.92 Å². The highest BCUT2D eigenvalue weighted by Crippen LogP contribution is 2.42. The van der Waals surface area contributed by atoms with Gasteiger partial charge >= 0.3 is 12.3 Å². The van der Waals surface area contributed by atoms with Crippen molar-refractivity contribution in [3.8, 4) is 11.5 Å². The number of aryl methyl sites for hydroxylation is 2. The summed E-state index contributed by atoms with van der Waals surface area (Å²) in [5.74, 6) is -1.83. The van der Waals surface area contributed by atoms with Gasteiger partial charge in [0.25, 0.3) is 11.5 Å². The summed E-state index contributed by atoms with van der Waals surface area (Å²) >= 11 is 0. The molecule has 0 bridgehead atoms. The number of alkyl halides is 2. The van der Waals surface area contributed by atoms with Crippen LogP contribution in [-0.4, -0.2) is 34.3 Å². The molecular weight excluding hydrogens is 428 g/mol. The quantitative estimate of drug-likeness (QED) is 0.602. The average molecular weight is 445 g/mol. The summed E-state index contributed by atoms with van der Waals surface area (Å²) < 4.78 is 41.3. The van der Waals surface area contributed by atoms with E-state index in [4.69, 9.17) is 4.74 Å². The first kappa shape index (κ1) is 21.2. The Bertz CT molecular complexity index is 1300. The zero-order chi connectivity index (χ0) is 23.0. The molecule has 0 saturated carbocycles. The molecule has 166 valence electrons. The van der Waals surface area contributed by atoms with Gasteiger partial charge in [0.15, 0.2) is 18.1 Å². The maximum Gasteiger partial charge on any atom is 0.586 e. The molecule has 4 rings (SSSR count). The number of hydrogen-bond donors (Lipinski definition) is 1. The second-order valence-corrected chi connectivity index (χ2v) is 6.90. The number of benzene rings is 2. The Morgan fingerprint density at radius 3 is 2.66 bits per heavy atom. The minimum absolute atomic E-state index is 0.156. The van der Waals surface area contributed by atoms with Gasteiger partial charge in [0.1, 0.15) is 5.69 Å². The molecule has 2 aromatic carbocycles. The van der Waals surface area contributed by atoms with Crippen LogP contribution in [0.3, 0.4) is 0 Å². The summed E-state index contributed by atoms with van der Waals surface area (Å²) in [7, 11) is 0. The van der Waals surface area contributed by atoms with Gasteiger partial charge in [-0.15, -0.1) is 8.78 Å². The standard InChI is InChI=1S/C21H17F2N3O6/c1-3-26-15-6-4-12(8-14(15)24-11(2)19(26)28)20(29)30-10-18(27)25-13-5-7-16-17(9-13)32-21(22,23)31-16/h4-9H,3,10H2,1-2H3,(H,25,27). The molecular formula is C21H17F2N3O6. The normalized spacial score (nSPS) is 13.8. The Morgan fingerprint density at radius 2 is 1.91 bits per heavy atom. The van der Waals surface area contributed by atoms with Crippen molar-refractivity contribution in [2.75, 3.05) is 11.9 Å². The van der Waals surface area contributed by atoms with E-state index in [1.807, 2.05) is 6.92 Å². The third-order valence-corrected chi connectivity index (χ3v) is 4.68. The van der Waals surface area contributed by atoms with Gasteiger partial charge in [-0.05, 0) is 44.2 Å². The van der Waals surface area contributed by atoms with Crippen LogP contribution < -0.4 is 20.3 Å². The topological polar surface area (TPSA) is 109 Å². The van der Waals surface area contributed by atoms with Crippen molar-refractivity contribution in [1.29, 1.82) is 0 Å². The lowest BCUT2D eigenvalue weighted by molar-refractivity contribution is -0.286. The van der Waals surface area contributed by atoms with E-state index < -0.39 is 24.8 Å². The first-order valence-electron chi connectivity index (χ1n) is 9.55. The second kappa shape index (κ2) is 7.91. The lowest BCUT2D eigenvalue weighted by atomic mass is 10.2. The maximum absolute atomic E-state index is 13.1. The maximum atomic E-state index is 13.1. The van der Waals surface area contributed by atoms with Crippen LogP contribution in [0.5, 0.6) is 11.5 Å². The van der Waals surface area contributed by atoms with Gasteiger partial charge < -0.3 is 24.1 Å². The fourth-order valence-electron chi connectivity index (χ4n) is 3.25. The number of hydrogen-bond acceptors (Lipinski definition) is 7. The smallest absolute Gasteiger partial charge is 0.452 e. The molecule has 9 nitrogen and oxygen atoms in total. The Labute approximate surface area is 179 Å². The van der Waals surface area contributed by atoms with E-state index in [0.29, 0.717) is 23.3 Å². The van der Waals surface area contributed by atoms with Gasteiger partial charge in [0.05, 0.1) is 16.6 Å². The van der Waals surface area contributed by atoms with Crippen LogP contribution >= 0.6 is 0 Å². The molecule has 1 N–H and O–H groups in total. The molecule has 1 amide bonds. The van der Waals surface area contributed by atoms with Crippen LogP contribution in [0.15, 0.2) is 41.2 Å². The molecule has 1 aliphatic rings. The largest absolute Gasteiger partial charge is 0.586 e. The molecule has 0 saturated heterocycles. The number of halogens is 2. The number of esters is 1. The third-order valence-electron chi connectivity index (χ3n) is 4.68. The molecule has 0 atom stereocenters. The number of fused-ring (bicyclic) bond motifs is 2. The van der Waals surface area contributed by atoms with E-state index in [2.05, 4.69) is 19.8 Å². The molecule has 1 aromatic heterocycles. The number of ether oxygens (including phenoxy) is 3. The van der Waals surface area contributed by atoms with Gasteiger partial charge in [-0.2, -0.15) is 0 Å². The summed E-state index contributed by atoms with van der Waals surface area (Å²) in [6.07, 6.45) is -3.76. The number of carbonyl (C=O) groups is 2. The minimum Gasteiger partial charge on any atom is -0.452 e.